The molecule has 0 spiro atoms. The van der Waals surface area contributed by atoms with Crippen molar-refractivity contribution in [3.63, 3.8) is 0 Å². The standard InChI is InChI=1S/C29H27FN2O3S/c1-21-16-18-24(19-17-21)36(34,35)32(27-15-9-8-14-26(27)30)20-28(33)31-29(23-11-4-3-5-12-23)25-13-7-6-10-22(25)2/h3-19,29H,20H2,1-2H3,(H,31,33)/t29-/m0/s1. The van der Waals surface area contributed by atoms with E-state index in [2.05, 4.69) is 5.32 Å². The average molecular weight is 503 g/mol. The predicted octanol–water partition coefficient (Wildman–Crippen LogP) is 5.54. The Morgan fingerprint density at radius 2 is 1.44 bits per heavy atom. The maximum Gasteiger partial charge on any atom is 0.264 e. The molecule has 0 saturated carbocycles. The summed E-state index contributed by atoms with van der Waals surface area (Å²) in [5, 5.41) is 2.98. The van der Waals surface area contributed by atoms with E-state index in [1.165, 1.54) is 36.4 Å². The summed E-state index contributed by atoms with van der Waals surface area (Å²) in [4.78, 5) is 13.4. The Kier molecular flexibility index (Phi) is 7.50. The predicted molar refractivity (Wildman–Crippen MR) is 140 cm³/mol. The summed E-state index contributed by atoms with van der Waals surface area (Å²) < 4.78 is 42.8. The van der Waals surface area contributed by atoms with Gasteiger partial charge < -0.3 is 5.32 Å². The molecule has 0 bridgehead atoms. The Bertz CT molecular complexity index is 1460. The number of aryl methyl sites for hydroxylation is 2. The number of hydrogen-bond donors (Lipinski definition) is 1. The van der Waals surface area contributed by atoms with Gasteiger partial charge in [-0.25, -0.2) is 12.8 Å². The van der Waals surface area contributed by atoms with Crippen molar-refractivity contribution in [1.29, 1.82) is 0 Å². The molecule has 0 aliphatic rings. The number of anilines is 1. The highest BCUT2D eigenvalue weighted by atomic mass is 32.2. The quantitative estimate of drug-likeness (QED) is 0.344. The van der Waals surface area contributed by atoms with Gasteiger partial charge in [0.25, 0.3) is 10.0 Å². The van der Waals surface area contributed by atoms with Gasteiger partial charge in [0.1, 0.15) is 12.4 Å². The summed E-state index contributed by atoms with van der Waals surface area (Å²) in [6, 6.07) is 28.4. The molecule has 0 radical (unpaired) electrons. The van der Waals surface area contributed by atoms with Crippen LogP contribution in [0.5, 0.6) is 0 Å². The van der Waals surface area contributed by atoms with E-state index >= 15 is 0 Å². The Morgan fingerprint density at radius 1 is 0.833 bits per heavy atom. The number of para-hydroxylation sites is 1. The molecule has 36 heavy (non-hydrogen) atoms. The van der Waals surface area contributed by atoms with E-state index in [4.69, 9.17) is 0 Å². The highest BCUT2D eigenvalue weighted by molar-refractivity contribution is 7.92. The van der Waals surface area contributed by atoms with Crippen LogP contribution in [0, 0.1) is 19.7 Å². The molecule has 4 rings (SSSR count). The zero-order valence-corrected chi connectivity index (χ0v) is 20.9. The molecule has 0 aliphatic carbocycles. The second-order valence-corrected chi connectivity index (χ2v) is 10.4. The molecule has 4 aromatic rings. The molecule has 0 aromatic heterocycles. The van der Waals surface area contributed by atoms with Crippen molar-refractivity contribution < 1.29 is 17.6 Å². The number of carbonyl (C=O) groups excluding carboxylic acids is 1. The zero-order valence-electron chi connectivity index (χ0n) is 20.1. The maximum atomic E-state index is 14.8. The van der Waals surface area contributed by atoms with Crippen LogP contribution in [-0.4, -0.2) is 20.9 Å². The molecule has 184 valence electrons. The van der Waals surface area contributed by atoms with Gasteiger partial charge >= 0.3 is 0 Å². The molecule has 0 unspecified atom stereocenters. The van der Waals surface area contributed by atoms with Gasteiger partial charge in [0, 0.05) is 0 Å². The van der Waals surface area contributed by atoms with Crippen molar-refractivity contribution in [1.82, 2.24) is 5.32 Å². The van der Waals surface area contributed by atoms with Gasteiger partial charge in [0.05, 0.1) is 16.6 Å². The van der Waals surface area contributed by atoms with Crippen LogP contribution in [-0.2, 0) is 14.8 Å². The van der Waals surface area contributed by atoms with E-state index in [1.807, 2.05) is 68.4 Å². The molecule has 0 fully saturated rings. The normalized spacial score (nSPS) is 12.1. The Balaban J connectivity index is 1.71. The fraction of sp³-hybridized carbons (Fsp3) is 0.138. The number of nitrogens with one attached hydrogen (secondary N) is 1. The number of rotatable bonds is 8. The van der Waals surface area contributed by atoms with Crippen LogP contribution >= 0.6 is 0 Å². The van der Waals surface area contributed by atoms with E-state index in [0.29, 0.717) is 0 Å². The molecule has 7 heteroatoms. The number of sulfonamides is 1. The van der Waals surface area contributed by atoms with Crippen molar-refractivity contribution in [3.05, 3.63) is 131 Å². The summed E-state index contributed by atoms with van der Waals surface area (Å²) in [5.74, 6) is -1.30. The van der Waals surface area contributed by atoms with Crippen LogP contribution in [0.1, 0.15) is 28.3 Å². The molecule has 1 N–H and O–H groups in total. The second-order valence-electron chi connectivity index (χ2n) is 8.54. The van der Waals surface area contributed by atoms with Crippen LogP contribution in [0.3, 0.4) is 0 Å². The highest BCUT2D eigenvalue weighted by Crippen LogP contribution is 2.28. The maximum absolute atomic E-state index is 14.8. The number of nitrogens with zero attached hydrogens (tertiary/aromatic N) is 1. The summed E-state index contributed by atoms with van der Waals surface area (Å²) >= 11 is 0. The Hall–Kier alpha value is -3.97. The number of carbonyl (C=O) groups is 1. The molecule has 0 aliphatic heterocycles. The number of benzene rings is 4. The average Bonchev–Trinajstić information content (AvgIpc) is 2.88. The third-order valence-corrected chi connectivity index (χ3v) is 7.73. The molecular weight excluding hydrogens is 475 g/mol. The van der Waals surface area contributed by atoms with Gasteiger partial charge in [0.2, 0.25) is 5.91 Å². The lowest BCUT2D eigenvalue weighted by Crippen LogP contribution is -2.42. The molecular formula is C29H27FN2O3S. The topological polar surface area (TPSA) is 66.5 Å². The Labute approximate surface area is 211 Å². The zero-order chi connectivity index (χ0) is 25.7. The summed E-state index contributed by atoms with van der Waals surface area (Å²) in [6.45, 7) is 3.20. The Morgan fingerprint density at radius 3 is 2.11 bits per heavy atom. The molecule has 4 aromatic carbocycles. The molecule has 0 saturated heterocycles. The molecule has 0 heterocycles. The molecule has 1 atom stereocenters. The first-order valence-electron chi connectivity index (χ1n) is 11.5. The SMILES string of the molecule is Cc1ccc(S(=O)(=O)N(CC(=O)N[C@@H](c2ccccc2)c2ccccc2C)c2ccccc2F)cc1. The fourth-order valence-electron chi connectivity index (χ4n) is 4.02. The van der Waals surface area contributed by atoms with Crippen molar-refractivity contribution in [2.45, 2.75) is 24.8 Å². The summed E-state index contributed by atoms with van der Waals surface area (Å²) in [7, 11) is -4.23. The van der Waals surface area contributed by atoms with E-state index in [9.17, 15) is 17.6 Å². The molecule has 5 nitrogen and oxygen atoms in total. The van der Waals surface area contributed by atoms with Crippen molar-refractivity contribution in [2.24, 2.45) is 0 Å². The van der Waals surface area contributed by atoms with E-state index < -0.39 is 34.3 Å². The minimum absolute atomic E-state index is 0.0253. The summed E-state index contributed by atoms with van der Waals surface area (Å²) in [6.07, 6.45) is 0. The largest absolute Gasteiger partial charge is 0.344 e. The minimum atomic E-state index is -4.23. The van der Waals surface area contributed by atoms with Gasteiger partial charge in [-0.1, -0.05) is 84.4 Å². The smallest absolute Gasteiger partial charge is 0.264 e. The highest BCUT2D eigenvalue weighted by Gasteiger charge is 2.30. The van der Waals surface area contributed by atoms with Crippen molar-refractivity contribution >= 4 is 21.6 Å². The monoisotopic (exact) mass is 502 g/mol. The van der Waals surface area contributed by atoms with Crippen LogP contribution < -0.4 is 9.62 Å². The van der Waals surface area contributed by atoms with Gasteiger partial charge in [-0.05, 0) is 54.8 Å². The third kappa shape index (κ3) is 5.47. The van der Waals surface area contributed by atoms with Gasteiger partial charge in [-0.2, -0.15) is 0 Å². The minimum Gasteiger partial charge on any atom is -0.344 e. The number of halogens is 1. The van der Waals surface area contributed by atoms with E-state index in [0.717, 1.165) is 26.6 Å². The van der Waals surface area contributed by atoms with Crippen molar-refractivity contribution in [3.8, 4) is 0 Å². The van der Waals surface area contributed by atoms with E-state index in [-0.39, 0.29) is 10.6 Å². The first-order valence-corrected chi connectivity index (χ1v) is 12.9. The number of hydrogen-bond acceptors (Lipinski definition) is 3. The lowest BCUT2D eigenvalue weighted by Gasteiger charge is -2.27. The van der Waals surface area contributed by atoms with Gasteiger partial charge in [-0.15, -0.1) is 0 Å². The van der Waals surface area contributed by atoms with Crippen LogP contribution in [0.15, 0.2) is 108 Å². The first kappa shape index (κ1) is 25.1. The number of amides is 1. The lowest BCUT2D eigenvalue weighted by molar-refractivity contribution is -0.120. The molecule has 1 amide bonds. The van der Waals surface area contributed by atoms with Crippen LogP contribution in [0.4, 0.5) is 10.1 Å². The van der Waals surface area contributed by atoms with Crippen molar-refractivity contribution in [2.75, 3.05) is 10.8 Å². The first-order chi connectivity index (χ1) is 17.3. The van der Waals surface area contributed by atoms with Gasteiger partial charge in [0.15, 0.2) is 0 Å². The fourth-order valence-corrected chi connectivity index (χ4v) is 5.45. The van der Waals surface area contributed by atoms with E-state index in [1.54, 1.807) is 12.1 Å². The lowest BCUT2D eigenvalue weighted by atomic mass is 9.95. The third-order valence-electron chi connectivity index (χ3n) is 5.96. The van der Waals surface area contributed by atoms with Gasteiger partial charge in [-0.3, -0.25) is 9.10 Å². The summed E-state index contributed by atoms with van der Waals surface area (Å²) in [5.41, 5.74) is 3.40. The van der Waals surface area contributed by atoms with Crippen LogP contribution in [0.2, 0.25) is 0 Å². The van der Waals surface area contributed by atoms with Crippen LogP contribution in [0.25, 0.3) is 0 Å². The second kappa shape index (κ2) is 10.7.